The molecule has 0 aromatic rings. The molecular weight excluding hydrogens is 208 g/mol. The first kappa shape index (κ1) is 14.6. The molecule has 0 radical (unpaired) electrons. The number of rotatable bonds is 5. The van der Waals surface area contributed by atoms with Gasteiger partial charge in [-0.25, -0.2) is 0 Å². The SMILES string of the molecule is CCCCCCC#CC(O)(C1CC1)C(C)(C)C. The Morgan fingerprint density at radius 3 is 2.24 bits per heavy atom. The lowest BCUT2D eigenvalue weighted by Crippen LogP contribution is -2.43. The molecule has 0 amide bonds. The van der Waals surface area contributed by atoms with Crippen LogP contribution in [0.5, 0.6) is 0 Å². The molecule has 1 rings (SSSR count). The first-order valence-corrected chi connectivity index (χ1v) is 7.14. The molecule has 0 aromatic carbocycles. The summed E-state index contributed by atoms with van der Waals surface area (Å²) in [6.45, 7) is 8.50. The highest BCUT2D eigenvalue weighted by molar-refractivity contribution is 5.22. The molecule has 0 saturated heterocycles. The quantitative estimate of drug-likeness (QED) is 0.561. The summed E-state index contributed by atoms with van der Waals surface area (Å²) >= 11 is 0. The second-order valence-corrected chi connectivity index (χ2v) is 6.40. The van der Waals surface area contributed by atoms with Crippen LogP contribution >= 0.6 is 0 Å². The van der Waals surface area contributed by atoms with Crippen molar-refractivity contribution >= 4 is 0 Å². The Balaban J connectivity index is 2.48. The maximum Gasteiger partial charge on any atom is 0.133 e. The van der Waals surface area contributed by atoms with Crippen molar-refractivity contribution in [2.45, 2.75) is 78.2 Å². The minimum absolute atomic E-state index is 0.134. The molecule has 1 N–H and O–H groups in total. The molecule has 98 valence electrons. The molecule has 1 fully saturated rings. The fraction of sp³-hybridized carbons (Fsp3) is 0.875. The predicted octanol–water partition coefficient (Wildman–Crippen LogP) is 4.15. The van der Waals surface area contributed by atoms with Gasteiger partial charge in [0.2, 0.25) is 0 Å². The Morgan fingerprint density at radius 2 is 1.76 bits per heavy atom. The molecule has 1 nitrogen and oxygen atoms in total. The van der Waals surface area contributed by atoms with E-state index in [-0.39, 0.29) is 5.41 Å². The number of unbranched alkanes of at least 4 members (excludes halogenated alkanes) is 4. The lowest BCUT2D eigenvalue weighted by molar-refractivity contribution is -0.0239. The predicted molar refractivity (Wildman–Crippen MR) is 73.7 cm³/mol. The lowest BCUT2D eigenvalue weighted by Gasteiger charge is -2.36. The number of hydrogen-bond donors (Lipinski definition) is 1. The summed E-state index contributed by atoms with van der Waals surface area (Å²) in [5.74, 6) is 6.80. The van der Waals surface area contributed by atoms with Crippen molar-refractivity contribution in [1.82, 2.24) is 0 Å². The first-order valence-electron chi connectivity index (χ1n) is 7.14. The summed E-state index contributed by atoms with van der Waals surface area (Å²) in [6.07, 6.45) is 8.21. The minimum atomic E-state index is -0.766. The summed E-state index contributed by atoms with van der Waals surface area (Å²) in [7, 11) is 0. The topological polar surface area (TPSA) is 20.2 Å². The van der Waals surface area contributed by atoms with Gasteiger partial charge in [-0.2, -0.15) is 0 Å². The molecule has 0 aromatic heterocycles. The Labute approximate surface area is 107 Å². The summed E-state index contributed by atoms with van der Waals surface area (Å²) < 4.78 is 0. The zero-order valence-corrected chi connectivity index (χ0v) is 12.0. The van der Waals surface area contributed by atoms with Crippen LogP contribution in [0.3, 0.4) is 0 Å². The molecule has 17 heavy (non-hydrogen) atoms. The van der Waals surface area contributed by atoms with Gasteiger partial charge in [-0.05, 0) is 25.2 Å². The summed E-state index contributed by atoms with van der Waals surface area (Å²) in [5, 5.41) is 10.7. The molecule has 1 atom stereocenters. The van der Waals surface area contributed by atoms with E-state index in [9.17, 15) is 5.11 Å². The van der Waals surface area contributed by atoms with Crippen LogP contribution in [0.2, 0.25) is 0 Å². The van der Waals surface area contributed by atoms with Crippen LogP contribution in [0.25, 0.3) is 0 Å². The van der Waals surface area contributed by atoms with Gasteiger partial charge in [0.15, 0.2) is 0 Å². The normalized spacial score (nSPS) is 19.4. The third-order valence-electron chi connectivity index (χ3n) is 3.75. The highest BCUT2D eigenvalue weighted by atomic mass is 16.3. The largest absolute Gasteiger partial charge is 0.377 e. The van der Waals surface area contributed by atoms with Crippen molar-refractivity contribution in [2.75, 3.05) is 0 Å². The standard InChI is InChI=1S/C16H28O/c1-5-6-7-8-9-10-13-16(17,14-11-12-14)15(2,3)4/h14,17H,5-9,11-12H2,1-4H3. The Kier molecular flexibility index (Phi) is 5.07. The van der Waals surface area contributed by atoms with E-state index in [1.54, 1.807) is 0 Å². The van der Waals surface area contributed by atoms with Crippen molar-refractivity contribution in [3.05, 3.63) is 0 Å². The van der Waals surface area contributed by atoms with Crippen LogP contribution in [0.4, 0.5) is 0 Å². The van der Waals surface area contributed by atoms with Gasteiger partial charge in [0.25, 0.3) is 0 Å². The van der Waals surface area contributed by atoms with Gasteiger partial charge >= 0.3 is 0 Å². The number of aliphatic hydroxyl groups is 1. The molecule has 1 heteroatoms. The molecular formula is C16H28O. The highest BCUT2D eigenvalue weighted by Crippen LogP contribution is 2.48. The van der Waals surface area contributed by atoms with Crippen molar-refractivity contribution in [1.29, 1.82) is 0 Å². The lowest BCUT2D eigenvalue weighted by atomic mass is 9.73. The average Bonchev–Trinajstić information content (AvgIpc) is 3.05. The molecule has 1 unspecified atom stereocenters. The van der Waals surface area contributed by atoms with E-state index in [1.165, 1.54) is 25.7 Å². The van der Waals surface area contributed by atoms with E-state index in [2.05, 4.69) is 39.5 Å². The maximum absolute atomic E-state index is 10.7. The van der Waals surface area contributed by atoms with E-state index in [0.29, 0.717) is 5.92 Å². The van der Waals surface area contributed by atoms with Gasteiger partial charge in [0.1, 0.15) is 5.60 Å². The van der Waals surface area contributed by atoms with Crippen LogP contribution in [0.15, 0.2) is 0 Å². The van der Waals surface area contributed by atoms with Crippen molar-refractivity contribution in [2.24, 2.45) is 11.3 Å². The molecule has 0 aliphatic heterocycles. The fourth-order valence-corrected chi connectivity index (χ4v) is 2.24. The average molecular weight is 236 g/mol. The Bertz CT molecular complexity index is 285. The highest BCUT2D eigenvalue weighted by Gasteiger charge is 2.50. The molecule has 0 spiro atoms. The van der Waals surface area contributed by atoms with Gasteiger partial charge < -0.3 is 5.11 Å². The molecule has 1 saturated carbocycles. The van der Waals surface area contributed by atoms with Crippen LogP contribution in [-0.2, 0) is 0 Å². The van der Waals surface area contributed by atoms with Gasteiger partial charge in [0, 0.05) is 11.8 Å². The van der Waals surface area contributed by atoms with E-state index >= 15 is 0 Å². The van der Waals surface area contributed by atoms with Crippen molar-refractivity contribution in [3.63, 3.8) is 0 Å². The Morgan fingerprint density at radius 1 is 1.12 bits per heavy atom. The van der Waals surface area contributed by atoms with Crippen LogP contribution in [0.1, 0.15) is 72.6 Å². The second kappa shape index (κ2) is 5.91. The van der Waals surface area contributed by atoms with Crippen molar-refractivity contribution < 1.29 is 5.11 Å². The maximum atomic E-state index is 10.7. The molecule has 0 heterocycles. The molecule has 1 aliphatic carbocycles. The Hall–Kier alpha value is -0.480. The third kappa shape index (κ3) is 4.03. The summed E-state index contributed by atoms with van der Waals surface area (Å²) in [6, 6.07) is 0. The minimum Gasteiger partial charge on any atom is -0.377 e. The summed E-state index contributed by atoms with van der Waals surface area (Å²) in [4.78, 5) is 0. The smallest absolute Gasteiger partial charge is 0.133 e. The third-order valence-corrected chi connectivity index (χ3v) is 3.75. The zero-order valence-electron chi connectivity index (χ0n) is 12.0. The molecule has 1 aliphatic rings. The van der Waals surface area contributed by atoms with Gasteiger partial charge in [0.05, 0.1) is 0 Å². The van der Waals surface area contributed by atoms with Gasteiger partial charge in [-0.1, -0.05) is 52.9 Å². The van der Waals surface area contributed by atoms with Crippen LogP contribution < -0.4 is 0 Å². The van der Waals surface area contributed by atoms with E-state index < -0.39 is 5.60 Å². The fourth-order valence-electron chi connectivity index (χ4n) is 2.24. The zero-order chi connectivity index (χ0) is 12.9. The first-order chi connectivity index (χ1) is 7.92. The van der Waals surface area contributed by atoms with Crippen molar-refractivity contribution in [3.8, 4) is 11.8 Å². The van der Waals surface area contributed by atoms with Crippen LogP contribution in [0, 0.1) is 23.2 Å². The van der Waals surface area contributed by atoms with Crippen LogP contribution in [-0.4, -0.2) is 10.7 Å². The number of hydrogen-bond acceptors (Lipinski definition) is 1. The van der Waals surface area contributed by atoms with E-state index in [1.807, 2.05) is 0 Å². The van der Waals surface area contributed by atoms with Gasteiger partial charge in [-0.3, -0.25) is 0 Å². The summed E-state index contributed by atoms with van der Waals surface area (Å²) in [5.41, 5.74) is -0.900. The van der Waals surface area contributed by atoms with E-state index in [0.717, 1.165) is 19.3 Å². The van der Waals surface area contributed by atoms with Gasteiger partial charge in [-0.15, -0.1) is 5.92 Å². The molecule has 0 bridgehead atoms. The second-order valence-electron chi connectivity index (χ2n) is 6.40. The van der Waals surface area contributed by atoms with E-state index in [4.69, 9.17) is 0 Å². The monoisotopic (exact) mass is 236 g/mol.